The summed E-state index contributed by atoms with van der Waals surface area (Å²) < 4.78 is 26.3. The predicted octanol–water partition coefficient (Wildman–Crippen LogP) is 8.71. The fourth-order valence-electron chi connectivity index (χ4n) is 4.02. The molecule has 2 N–H and O–H groups in total. The minimum Gasteiger partial charge on any atom is -0.481 e. The highest BCUT2D eigenvalue weighted by atomic mass is 32.2. The molecule has 7 heteroatoms. The SMILES string of the molecule is C=C(C(=N/C=C/C)N/C=C/CS(C)=O)/C(F)=C\C(=C)c1ccc(C(C)CCCC(CCC)CC(=O)O)cc1.CC. The molecule has 1 rings (SSSR count). The van der Waals surface area contributed by atoms with Crippen LogP contribution in [0.1, 0.15) is 90.2 Å². The van der Waals surface area contributed by atoms with Crippen LogP contribution >= 0.6 is 0 Å². The second-order valence-corrected chi connectivity index (χ2v) is 10.9. The van der Waals surface area contributed by atoms with Gasteiger partial charge in [-0.05, 0) is 60.6 Å². The van der Waals surface area contributed by atoms with Crippen LogP contribution in [0.3, 0.4) is 0 Å². The number of carboxylic acids is 1. The number of aliphatic carboxylic acids is 1. The molecule has 0 saturated heterocycles. The van der Waals surface area contributed by atoms with E-state index in [0.29, 0.717) is 17.2 Å². The number of nitrogens with zero attached hydrogens (tertiary/aromatic N) is 1. The lowest BCUT2D eigenvalue weighted by Gasteiger charge is -2.16. The number of aliphatic imine (C=N–C) groups is 1. The van der Waals surface area contributed by atoms with Crippen molar-refractivity contribution in [3.63, 3.8) is 0 Å². The van der Waals surface area contributed by atoms with Gasteiger partial charge in [0.1, 0.15) is 11.7 Å². The lowest BCUT2D eigenvalue weighted by Crippen LogP contribution is -2.19. The first-order valence-electron chi connectivity index (χ1n) is 14.1. The number of amidine groups is 1. The van der Waals surface area contributed by atoms with E-state index in [-0.39, 0.29) is 23.7 Å². The summed E-state index contributed by atoms with van der Waals surface area (Å²) in [6.07, 6.45) is 14.6. The zero-order chi connectivity index (χ0) is 30.5. The first kappa shape index (κ1) is 36.9. The number of rotatable bonds is 17. The Morgan fingerprint density at radius 2 is 1.82 bits per heavy atom. The van der Waals surface area contributed by atoms with Crippen LogP contribution in [0.5, 0.6) is 0 Å². The normalized spacial score (nSPS) is 14.4. The van der Waals surface area contributed by atoms with E-state index >= 15 is 4.39 Å². The van der Waals surface area contributed by atoms with Gasteiger partial charge in [0.15, 0.2) is 0 Å². The number of hydrogen-bond donors (Lipinski definition) is 2. The highest BCUT2D eigenvalue weighted by Crippen LogP contribution is 2.27. The molecule has 5 nitrogen and oxygen atoms in total. The number of benzene rings is 1. The summed E-state index contributed by atoms with van der Waals surface area (Å²) in [5.74, 6) is -0.0733. The van der Waals surface area contributed by atoms with E-state index in [9.17, 15) is 9.00 Å². The Morgan fingerprint density at radius 1 is 1.18 bits per heavy atom. The molecule has 1 aromatic rings. The minimum absolute atomic E-state index is 0.0843. The van der Waals surface area contributed by atoms with Crippen molar-refractivity contribution in [3.8, 4) is 0 Å². The molecule has 0 fully saturated rings. The standard InChI is InChI=1S/C31H43FN2O3S.C2H6/c1-7-11-26(22-30(35)36)13-9-12-23(3)27-14-16-28(17-15-27)24(4)21-29(32)25(5)31(33-18-8-2)34-19-10-20-38(6)37;1-2/h8,10,14-19,21,23,26H,4-5,7,9,11-13,20,22H2,1-3,6H3,(H,33,34)(H,35,36);1-2H3/b18-8+,19-10+,29-21+;. The van der Waals surface area contributed by atoms with Crippen molar-refractivity contribution >= 4 is 28.2 Å². The summed E-state index contributed by atoms with van der Waals surface area (Å²) in [7, 11) is -0.966. The third kappa shape index (κ3) is 15.5. The Labute approximate surface area is 244 Å². The van der Waals surface area contributed by atoms with E-state index in [1.165, 1.54) is 17.8 Å². The lowest BCUT2D eigenvalue weighted by atomic mass is 9.89. The molecule has 3 atom stereocenters. The van der Waals surface area contributed by atoms with Gasteiger partial charge in [-0.2, -0.15) is 0 Å². The van der Waals surface area contributed by atoms with Gasteiger partial charge in [0.2, 0.25) is 0 Å². The van der Waals surface area contributed by atoms with Crippen LogP contribution in [0.4, 0.5) is 4.39 Å². The van der Waals surface area contributed by atoms with E-state index < -0.39 is 22.6 Å². The summed E-state index contributed by atoms with van der Waals surface area (Å²) >= 11 is 0. The van der Waals surface area contributed by atoms with Crippen molar-refractivity contribution in [3.05, 3.63) is 90.6 Å². The van der Waals surface area contributed by atoms with Crippen LogP contribution in [-0.2, 0) is 15.6 Å². The van der Waals surface area contributed by atoms with E-state index in [1.807, 2.05) is 38.1 Å². The molecule has 0 bridgehead atoms. The van der Waals surface area contributed by atoms with Gasteiger partial charge in [-0.15, -0.1) is 0 Å². The first-order valence-corrected chi connectivity index (χ1v) is 15.8. The molecule has 3 unspecified atom stereocenters. The smallest absolute Gasteiger partial charge is 0.303 e. The second kappa shape index (κ2) is 21.7. The average molecular weight is 573 g/mol. The topological polar surface area (TPSA) is 78.8 Å². The van der Waals surface area contributed by atoms with Crippen molar-refractivity contribution < 1.29 is 18.5 Å². The van der Waals surface area contributed by atoms with Gasteiger partial charge in [0.05, 0.1) is 0 Å². The number of allylic oxidation sites excluding steroid dienone is 3. The van der Waals surface area contributed by atoms with Crippen molar-refractivity contribution in [1.29, 1.82) is 0 Å². The Bertz CT molecular complexity index is 1070. The third-order valence-corrected chi connectivity index (χ3v) is 6.82. The maximum Gasteiger partial charge on any atom is 0.303 e. The van der Waals surface area contributed by atoms with E-state index in [4.69, 9.17) is 5.11 Å². The van der Waals surface area contributed by atoms with Crippen LogP contribution in [0, 0.1) is 5.92 Å². The fraction of sp³-hybridized carbons (Fsp3) is 0.455. The van der Waals surface area contributed by atoms with Crippen LogP contribution in [-0.4, -0.2) is 33.1 Å². The Balaban J connectivity index is 0.00000742. The number of halogens is 1. The van der Waals surface area contributed by atoms with Crippen molar-refractivity contribution in [2.45, 2.75) is 79.1 Å². The predicted molar refractivity (Wildman–Crippen MR) is 172 cm³/mol. The molecule has 40 heavy (non-hydrogen) atoms. The zero-order valence-electron chi connectivity index (χ0n) is 25.2. The van der Waals surface area contributed by atoms with Crippen LogP contribution < -0.4 is 5.32 Å². The van der Waals surface area contributed by atoms with E-state index in [2.05, 4.69) is 37.3 Å². The number of carbonyl (C=O) groups is 1. The maximum absolute atomic E-state index is 15.0. The second-order valence-electron chi connectivity index (χ2n) is 9.45. The van der Waals surface area contributed by atoms with Gasteiger partial charge in [0, 0.05) is 41.0 Å². The molecule has 0 saturated carbocycles. The number of carboxylic acid groups (broad SMARTS) is 1. The summed E-state index contributed by atoms with van der Waals surface area (Å²) in [5.41, 5.74) is 2.59. The van der Waals surface area contributed by atoms with E-state index in [1.54, 1.807) is 31.5 Å². The fourth-order valence-corrected chi connectivity index (χ4v) is 4.39. The van der Waals surface area contributed by atoms with Gasteiger partial charge in [-0.3, -0.25) is 9.00 Å². The molecule has 0 aliphatic rings. The monoisotopic (exact) mass is 572 g/mol. The molecule has 0 aliphatic carbocycles. The van der Waals surface area contributed by atoms with E-state index in [0.717, 1.165) is 37.7 Å². The summed E-state index contributed by atoms with van der Waals surface area (Å²) in [5, 5.41) is 12.0. The van der Waals surface area contributed by atoms with Gasteiger partial charge in [0.25, 0.3) is 0 Å². The minimum atomic E-state index is -0.966. The van der Waals surface area contributed by atoms with Gasteiger partial charge in [-0.1, -0.05) is 96.5 Å². The third-order valence-electron chi connectivity index (χ3n) is 6.16. The summed E-state index contributed by atoms with van der Waals surface area (Å²) in [6.45, 7) is 17.9. The summed E-state index contributed by atoms with van der Waals surface area (Å²) in [6, 6.07) is 7.95. The number of hydrogen-bond acceptors (Lipinski definition) is 3. The molecule has 0 heterocycles. The molecule has 1 aromatic carbocycles. The maximum atomic E-state index is 15.0. The largest absolute Gasteiger partial charge is 0.481 e. The van der Waals surface area contributed by atoms with Crippen molar-refractivity contribution in [2.24, 2.45) is 10.9 Å². The Morgan fingerprint density at radius 3 is 2.38 bits per heavy atom. The first-order chi connectivity index (χ1) is 19.1. The van der Waals surface area contributed by atoms with Crippen LogP contribution in [0.25, 0.3) is 5.57 Å². The van der Waals surface area contributed by atoms with Crippen LogP contribution in [0.15, 0.2) is 84.4 Å². The summed E-state index contributed by atoms with van der Waals surface area (Å²) in [4.78, 5) is 15.3. The van der Waals surface area contributed by atoms with Gasteiger partial charge in [-0.25, -0.2) is 9.38 Å². The molecule has 0 aliphatic heterocycles. The van der Waals surface area contributed by atoms with Crippen molar-refractivity contribution in [2.75, 3.05) is 12.0 Å². The number of nitrogens with one attached hydrogen (secondary N) is 1. The molecule has 0 amide bonds. The molecular weight excluding hydrogens is 523 g/mol. The highest BCUT2D eigenvalue weighted by molar-refractivity contribution is 7.84. The highest BCUT2D eigenvalue weighted by Gasteiger charge is 2.14. The van der Waals surface area contributed by atoms with Crippen LogP contribution in [0.2, 0.25) is 0 Å². The lowest BCUT2D eigenvalue weighted by molar-refractivity contribution is -0.138. The quantitative estimate of drug-likeness (QED) is 0.111. The molecule has 0 radical (unpaired) electrons. The Hall–Kier alpha value is -3.06. The molecule has 222 valence electrons. The molecule has 0 aromatic heterocycles. The zero-order valence-corrected chi connectivity index (χ0v) is 26.0. The van der Waals surface area contributed by atoms with Gasteiger partial charge < -0.3 is 10.4 Å². The molecule has 0 spiro atoms. The Kier molecular flexibility index (Phi) is 20.1. The molecular formula is C33H49FN2O3S. The average Bonchev–Trinajstić information content (AvgIpc) is 2.93. The van der Waals surface area contributed by atoms with Crippen molar-refractivity contribution in [1.82, 2.24) is 5.32 Å². The van der Waals surface area contributed by atoms with Gasteiger partial charge >= 0.3 is 5.97 Å².